The van der Waals surface area contributed by atoms with Crippen LogP contribution in [0.4, 0.5) is 0 Å². The van der Waals surface area contributed by atoms with Gasteiger partial charge in [-0.2, -0.15) is 0 Å². The number of carbonyl (C=O) groups excluding carboxylic acids is 7. The van der Waals surface area contributed by atoms with Gasteiger partial charge in [-0.15, -0.1) is 0 Å². The van der Waals surface area contributed by atoms with E-state index in [4.69, 9.17) is 47.4 Å². The van der Waals surface area contributed by atoms with Gasteiger partial charge in [0.05, 0.1) is 0 Å². The summed E-state index contributed by atoms with van der Waals surface area (Å²) in [6, 6.07) is 0. The smallest absolute Gasteiger partial charge is 0.303 e. The monoisotopic (exact) mass is 636 g/mol. The molecule has 0 aliphatic carbocycles. The highest BCUT2D eigenvalue weighted by molar-refractivity contribution is 5.69. The van der Waals surface area contributed by atoms with Crippen molar-refractivity contribution in [2.24, 2.45) is 0 Å². The minimum absolute atomic E-state index is 0.560. The Morgan fingerprint density at radius 3 is 1.27 bits per heavy atom. The maximum Gasteiger partial charge on any atom is 0.303 e. The van der Waals surface area contributed by atoms with Crippen LogP contribution in [-0.4, -0.2) is 122 Å². The molecular formula is C26H36O18. The molecule has 0 radical (unpaired) electrons. The summed E-state index contributed by atoms with van der Waals surface area (Å²) >= 11 is 0. The maximum atomic E-state index is 12.2. The van der Waals surface area contributed by atoms with Crippen molar-refractivity contribution in [2.75, 3.05) is 13.2 Å². The molecule has 0 aromatic carbocycles. The Kier molecular flexibility index (Phi) is 13.4. The Morgan fingerprint density at radius 1 is 0.477 bits per heavy atom. The second-order valence-corrected chi connectivity index (χ2v) is 9.68. The predicted octanol–water partition coefficient (Wildman–Crippen LogP) is -1.40. The second kappa shape index (κ2) is 16.3. The first-order valence-corrected chi connectivity index (χ1v) is 13.3. The zero-order valence-corrected chi connectivity index (χ0v) is 25.1. The summed E-state index contributed by atoms with van der Waals surface area (Å²) in [6.45, 7) is 6.13. The van der Waals surface area contributed by atoms with E-state index in [1.165, 1.54) is 0 Å². The van der Waals surface area contributed by atoms with Crippen molar-refractivity contribution in [3.8, 4) is 0 Å². The van der Waals surface area contributed by atoms with Gasteiger partial charge >= 0.3 is 41.8 Å². The Bertz CT molecular complexity index is 1090. The molecule has 2 aliphatic rings. The van der Waals surface area contributed by atoms with E-state index in [9.17, 15) is 38.7 Å². The van der Waals surface area contributed by atoms with E-state index >= 15 is 0 Å². The van der Waals surface area contributed by atoms with Gasteiger partial charge in [-0.3, -0.25) is 33.6 Å². The van der Waals surface area contributed by atoms with E-state index in [2.05, 4.69) is 0 Å². The first kappa shape index (κ1) is 36.3. The molecule has 0 amide bonds. The molecular weight excluding hydrogens is 600 g/mol. The fourth-order valence-electron chi connectivity index (χ4n) is 4.49. The molecule has 2 fully saturated rings. The van der Waals surface area contributed by atoms with E-state index in [0.29, 0.717) is 0 Å². The molecule has 0 spiro atoms. The standard InChI is InChI=1S/C26H36O18/c1-10(27)35-8-17-19(37-12(3)29)21(23(25(34)42-17)40-15(6)32)44-26-24(41-16(7)33)22(39-14(5)31)20(38-13(4)30)18(43-26)9-36-11(2)28/h17-26,34H,8-9H2,1-7H3/t17-,18-,19+,20+,21+,22+,23-,24-,25+,26-/m1/s1. The average Bonchev–Trinajstić information content (AvgIpc) is 2.87. The van der Waals surface area contributed by atoms with Crippen LogP contribution in [0.15, 0.2) is 0 Å². The number of ether oxygens (including phenoxy) is 10. The molecule has 1 N–H and O–H groups in total. The number of hydrogen-bond donors (Lipinski definition) is 1. The number of esters is 7. The lowest BCUT2D eigenvalue weighted by atomic mass is 9.96. The Balaban J connectivity index is 2.66. The van der Waals surface area contributed by atoms with Crippen LogP contribution in [0.25, 0.3) is 0 Å². The third kappa shape index (κ3) is 10.7. The zero-order valence-electron chi connectivity index (χ0n) is 25.1. The summed E-state index contributed by atoms with van der Waals surface area (Å²) in [6.07, 6.45) is -16.4. The fraction of sp³-hybridized carbons (Fsp3) is 0.731. The molecule has 44 heavy (non-hydrogen) atoms. The molecule has 2 heterocycles. The van der Waals surface area contributed by atoms with Gasteiger partial charge in [-0.25, -0.2) is 0 Å². The summed E-state index contributed by atoms with van der Waals surface area (Å²) < 4.78 is 54.0. The quantitative estimate of drug-likeness (QED) is 0.203. The van der Waals surface area contributed by atoms with Gasteiger partial charge < -0.3 is 52.5 Å². The van der Waals surface area contributed by atoms with Gasteiger partial charge in [0.15, 0.2) is 43.1 Å². The zero-order chi connectivity index (χ0) is 33.3. The number of rotatable bonds is 11. The van der Waals surface area contributed by atoms with Crippen LogP contribution >= 0.6 is 0 Å². The van der Waals surface area contributed by atoms with Crippen molar-refractivity contribution in [1.29, 1.82) is 0 Å². The molecule has 248 valence electrons. The molecule has 10 atom stereocenters. The van der Waals surface area contributed by atoms with Gasteiger partial charge in [0.2, 0.25) is 0 Å². The van der Waals surface area contributed by atoms with E-state index in [0.717, 1.165) is 48.5 Å². The van der Waals surface area contributed by atoms with Crippen LogP contribution in [0.5, 0.6) is 0 Å². The van der Waals surface area contributed by atoms with Crippen LogP contribution in [-0.2, 0) is 80.9 Å². The SMILES string of the molecule is CC(=O)OC[C@H]1O[C@H](O)[C@H](OC(C)=O)[C@@H](O[C@H]2O[C@H](COC(C)=O)[C@H](OC(C)=O)[C@H](OC(C)=O)[C@H]2OC(C)=O)[C@H]1OC(C)=O. The van der Waals surface area contributed by atoms with Crippen LogP contribution in [0.2, 0.25) is 0 Å². The molecule has 2 aliphatic heterocycles. The van der Waals surface area contributed by atoms with Crippen molar-refractivity contribution in [1.82, 2.24) is 0 Å². The summed E-state index contributed by atoms with van der Waals surface area (Å²) in [5.74, 6) is -6.03. The summed E-state index contributed by atoms with van der Waals surface area (Å²) in [5.41, 5.74) is 0. The molecule has 18 heteroatoms. The first-order valence-electron chi connectivity index (χ1n) is 13.3. The lowest BCUT2D eigenvalue weighted by Gasteiger charge is -2.48. The van der Waals surface area contributed by atoms with E-state index < -0.39 is 116 Å². The van der Waals surface area contributed by atoms with Gasteiger partial charge in [0, 0.05) is 48.5 Å². The summed E-state index contributed by atoms with van der Waals surface area (Å²) in [7, 11) is 0. The molecule has 0 unspecified atom stereocenters. The van der Waals surface area contributed by atoms with E-state index in [1.54, 1.807) is 0 Å². The van der Waals surface area contributed by atoms with Crippen molar-refractivity contribution in [3.05, 3.63) is 0 Å². The van der Waals surface area contributed by atoms with Crippen LogP contribution in [0.1, 0.15) is 48.5 Å². The van der Waals surface area contributed by atoms with Crippen molar-refractivity contribution in [2.45, 2.75) is 110 Å². The minimum atomic E-state index is -1.94. The molecule has 2 rings (SSSR count). The molecule has 0 aromatic heterocycles. The predicted molar refractivity (Wildman–Crippen MR) is 135 cm³/mol. The third-order valence-electron chi connectivity index (χ3n) is 5.90. The minimum Gasteiger partial charge on any atom is -0.463 e. The Labute approximate surface area is 251 Å². The highest BCUT2D eigenvalue weighted by atomic mass is 16.8. The Morgan fingerprint density at radius 2 is 0.841 bits per heavy atom. The lowest BCUT2D eigenvalue weighted by molar-refractivity contribution is -0.357. The number of hydrogen-bond acceptors (Lipinski definition) is 18. The van der Waals surface area contributed by atoms with Crippen molar-refractivity contribution < 1.29 is 86.0 Å². The molecule has 2 saturated heterocycles. The van der Waals surface area contributed by atoms with Crippen LogP contribution in [0, 0.1) is 0 Å². The molecule has 0 aromatic rings. The third-order valence-corrected chi connectivity index (χ3v) is 5.90. The summed E-state index contributed by atoms with van der Waals surface area (Å²) in [5, 5.41) is 10.8. The van der Waals surface area contributed by atoms with Gasteiger partial charge in [-0.1, -0.05) is 0 Å². The number of carbonyl (C=O) groups is 7. The first-order chi connectivity index (χ1) is 20.5. The highest BCUT2D eigenvalue weighted by Gasteiger charge is 2.57. The fourth-order valence-corrected chi connectivity index (χ4v) is 4.49. The van der Waals surface area contributed by atoms with E-state index in [1.807, 2.05) is 0 Å². The average molecular weight is 637 g/mol. The molecule has 0 bridgehead atoms. The summed E-state index contributed by atoms with van der Waals surface area (Å²) in [4.78, 5) is 83.5. The normalized spacial score (nSPS) is 31.5. The van der Waals surface area contributed by atoms with Crippen LogP contribution in [0.3, 0.4) is 0 Å². The molecule has 0 saturated carbocycles. The molecule has 18 nitrogen and oxygen atoms in total. The van der Waals surface area contributed by atoms with Gasteiger partial charge in [0.25, 0.3) is 0 Å². The number of aliphatic hydroxyl groups is 1. The maximum absolute atomic E-state index is 12.2. The van der Waals surface area contributed by atoms with Crippen molar-refractivity contribution >= 4 is 41.8 Å². The number of aliphatic hydroxyl groups excluding tert-OH is 1. The van der Waals surface area contributed by atoms with Gasteiger partial charge in [-0.05, 0) is 0 Å². The lowest BCUT2D eigenvalue weighted by Crippen LogP contribution is -2.67. The topological polar surface area (TPSA) is 232 Å². The van der Waals surface area contributed by atoms with Crippen molar-refractivity contribution in [3.63, 3.8) is 0 Å². The van der Waals surface area contributed by atoms with Crippen LogP contribution < -0.4 is 0 Å². The Hall–Kier alpha value is -3.87. The largest absolute Gasteiger partial charge is 0.463 e. The second-order valence-electron chi connectivity index (χ2n) is 9.68. The van der Waals surface area contributed by atoms with Gasteiger partial charge in [0.1, 0.15) is 31.5 Å². The van der Waals surface area contributed by atoms with E-state index in [-0.39, 0.29) is 0 Å². The highest BCUT2D eigenvalue weighted by Crippen LogP contribution is 2.35.